The van der Waals surface area contributed by atoms with Crippen molar-refractivity contribution < 1.29 is 17.9 Å². The summed E-state index contributed by atoms with van der Waals surface area (Å²) in [5.41, 5.74) is 1.68. The Kier molecular flexibility index (Phi) is 7.78. The lowest BCUT2D eigenvalue weighted by atomic mass is 9.93. The molecule has 1 aliphatic carbocycles. The maximum atomic E-state index is 15.6. The summed E-state index contributed by atoms with van der Waals surface area (Å²) in [5.74, 6) is -0.0486. The molecule has 3 aromatic rings. The molecular weight excluding hydrogens is 493 g/mol. The molecule has 10 heteroatoms. The van der Waals surface area contributed by atoms with Gasteiger partial charge in [0.15, 0.2) is 0 Å². The van der Waals surface area contributed by atoms with Crippen molar-refractivity contribution in [1.82, 2.24) is 18.8 Å². The fourth-order valence-corrected chi connectivity index (χ4v) is 6.98. The first-order valence-corrected chi connectivity index (χ1v) is 14.9. The molecule has 0 radical (unpaired) electrons. The van der Waals surface area contributed by atoms with E-state index in [0.29, 0.717) is 43.0 Å². The van der Waals surface area contributed by atoms with Crippen molar-refractivity contribution in [3.05, 3.63) is 36.4 Å². The quantitative estimate of drug-likeness (QED) is 0.394. The molecule has 3 heterocycles. The van der Waals surface area contributed by atoms with Crippen LogP contribution >= 0.6 is 0 Å². The van der Waals surface area contributed by atoms with Crippen LogP contribution < -0.4 is 5.32 Å². The van der Waals surface area contributed by atoms with E-state index in [-0.39, 0.29) is 17.0 Å². The van der Waals surface area contributed by atoms with Crippen LogP contribution in [0.4, 0.5) is 10.3 Å². The number of fused-ring (bicyclic) bond motifs is 1. The lowest BCUT2D eigenvalue weighted by Crippen LogP contribution is -2.35. The number of piperidine rings is 1. The minimum atomic E-state index is -3.73. The second kappa shape index (κ2) is 11.0. The summed E-state index contributed by atoms with van der Waals surface area (Å²) in [6.45, 7) is 3.84. The van der Waals surface area contributed by atoms with Crippen LogP contribution in [0, 0.1) is 5.82 Å². The highest BCUT2D eigenvalue weighted by atomic mass is 32.2. The van der Waals surface area contributed by atoms with E-state index in [1.54, 1.807) is 12.3 Å². The molecular formula is C27H36FN5O3S. The van der Waals surface area contributed by atoms with E-state index in [2.05, 4.69) is 21.8 Å². The number of unbranched alkanes of at least 4 members (excludes halogenated alkanes) is 1. The van der Waals surface area contributed by atoms with Crippen LogP contribution in [0.5, 0.6) is 0 Å². The molecule has 0 atom stereocenters. The second-order valence-electron chi connectivity index (χ2n) is 10.2. The highest BCUT2D eigenvalue weighted by molar-refractivity contribution is 7.89. The highest BCUT2D eigenvalue weighted by Crippen LogP contribution is 2.38. The van der Waals surface area contributed by atoms with Crippen LogP contribution in [0.25, 0.3) is 22.2 Å². The first-order chi connectivity index (χ1) is 17.9. The standard InChI is InChI=1S/C27H36FN5O3S/c1-2-3-13-29-27-30-17-23-24(18-33(26(23)31-27)19-7-9-20(34)10-8-19)22-12-11-21(16-25(22)28)37(35,36)32-14-5-4-6-15-32/h11-12,16-20,34H,2-10,13-15H2,1H3,(H,29,30,31). The maximum absolute atomic E-state index is 15.6. The third-order valence-electron chi connectivity index (χ3n) is 7.63. The fraction of sp³-hybridized carbons (Fsp3) is 0.556. The first-order valence-electron chi connectivity index (χ1n) is 13.5. The van der Waals surface area contributed by atoms with Crippen molar-refractivity contribution in [2.24, 2.45) is 0 Å². The van der Waals surface area contributed by atoms with Gasteiger partial charge >= 0.3 is 0 Å². The number of nitrogens with zero attached hydrogens (tertiary/aromatic N) is 4. The molecule has 1 aromatic carbocycles. The van der Waals surface area contributed by atoms with Gasteiger partial charge in [-0.05, 0) is 57.1 Å². The van der Waals surface area contributed by atoms with E-state index in [1.807, 2.05) is 6.20 Å². The van der Waals surface area contributed by atoms with E-state index in [0.717, 1.165) is 68.6 Å². The highest BCUT2D eigenvalue weighted by Gasteiger charge is 2.28. The smallest absolute Gasteiger partial charge is 0.243 e. The van der Waals surface area contributed by atoms with Gasteiger partial charge in [-0.2, -0.15) is 9.29 Å². The van der Waals surface area contributed by atoms with E-state index in [9.17, 15) is 13.5 Å². The Morgan fingerprint density at radius 3 is 2.57 bits per heavy atom. The Morgan fingerprint density at radius 2 is 1.86 bits per heavy atom. The number of hydrogen-bond donors (Lipinski definition) is 2. The van der Waals surface area contributed by atoms with Gasteiger partial charge in [-0.3, -0.25) is 0 Å². The van der Waals surface area contributed by atoms with Crippen LogP contribution in [0.3, 0.4) is 0 Å². The van der Waals surface area contributed by atoms with Crippen molar-refractivity contribution in [3.8, 4) is 11.1 Å². The molecule has 8 nitrogen and oxygen atoms in total. The Labute approximate surface area is 218 Å². The Bertz CT molecular complexity index is 1350. The monoisotopic (exact) mass is 529 g/mol. The molecule has 0 spiro atoms. The van der Waals surface area contributed by atoms with Crippen molar-refractivity contribution in [2.45, 2.75) is 81.8 Å². The number of hydrogen-bond acceptors (Lipinski definition) is 6. The van der Waals surface area contributed by atoms with Gasteiger partial charge in [-0.25, -0.2) is 17.8 Å². The summed E-state index contributed by atoms with van der Waals surface area (Å²) < 4.78 is 45.3. The molecule has 2 N–H and O–H groups in total. The minimum Gasteiger partial charge on any atom is -0.393 e. The fourth-order valence-electron chi connectivity index (χ4n) is 5.45. The Balaban J connectivity index is 1.53. The summed E-state index contributed by atoms with van der Waals surface area (Å²) in [7, 11) is -3.73. The van der Waals surface area contributed by atoms with Crippen LogP contribution in [-0.4, -0.2) is 58.1 Å². The number of aromatic nitrogens is 3. The predicted octanol–water partition coefficient (Wildman–Crippen LogP) is 5.10. The molecule has 2 fully saturated rings. The second-order valence-corrected chi connectivity index (χ2v) is 12.2. The zero-order chi connectivity index (χ0) is 26.0. The molecule has 1 aliphatic heterocycles. The molecule has 0 amide bonds. The zero-order valence-corrected chi connectivity index (χ0v) is 22.2. The molecule has 1 saturated carbocycles. The van der Waals surface area contributed by atoms with Gasteiger partial charge in [-0.15, -0.1) is 0 Å². The van der Waals surface area contributed by atoms with Gasteiger partial charge in [-0.1, -0.05) is 25.8 Å². The average molecular weight is 530 g/mol. The number of anilines is 1. The number of nitrogens with one attached hydrogen (secondary N) is 1. The van der Waals surface area contributed by atoms with Crippen LogP contribution in [0.1, 0.15) is 70.8 Å². The number of aliphatic hydroxyl groups excluding tert-OH is 1. The van der Waals surface area contributed by atoms with Crippen molar-refractivity contribution in [2.75, 3.05) is 25.0 Å². The van der Waals surface area contributed by atoms with Gasteiger partial charge in [0.05, 0.1) is 11.0 Å². The molecule has 37 heavy (non-hydrogen) atoms. The number of rotatable bonds is 8. The summed E-state index contributed by atoms with van der Waals surface area (Å²) >= 11 is 0. The largest absolute Gasteiger partial charge is 0.393 e. The number of halogens is 1. The van der Waals surface area contributed by atoms with Gasteiger partial charge in [0.1, 0.15) is 11.5 Å². The topological polar surface area (TPSA) is 100 Å². The van der Waals surface area contributed by atoms with E-state index >= 15 is 4.39 Å². The summed E-state index contributed by atoms with van der Waals surface area (Å²) in [6, 6.07) is 4.34. The first kappa shape index (κ1) is 26.1. The third kappa shape index (κ3) is 5.37. The number of aliphatic hydroxyl groups is 1. The lowest BCUT2D eigenvalue weighted by molar-refractivity contribution is 0.111. The summed E-state index contributed by atoms with van der Waals surface area (Å²) in [6.07, 6.45) is 11.1. The van der Waals surface area contributed by atoms with Gasteiger partial charge < -0.3 is 15.0 Å². The van der Waals surface area contributed by atoms with Crippen molar-refractivity contribution in [1.29, 1.82) is 0 Å². The van der Waals surface area contributed by atoms with E-state index in [4.69, 9.17) is 4.98 Å². The lowest BCUT2D eigenvalue weighted by Gasteiger charge is -2.27. The molecule has 2 aromatic heterocycles. The molecule has 0 unspecified atom stereocenters. The predicted molar refractivity (Wildman–Crippen MR) is 142 cm³/mol. The van der Waals surface area contributed by atoms with E-state index < -0.39 is 15.8 Å². The van der Waals surface area contributed by atoms with Crippen molar-refractivity contribution in [3.63, 3.8) is 0 Å². The van der Waals surface area contributed by atoms with Crippen molar-refractivity contribution >= 4 is 27.0 Å². The third-order valence-corrected chi connectivity index (χ3v) is 9.52. The molecule has 1 saturated heterocycles. The summed E-state index contributed by atoms with van der Waals surface area (Å²) in [4.78, 5) is 9.26. The normalized spacial score (nSPS) is 21.4. The SMILES string of the molecule is CCCCNc1ncc2c(-c3ccc(S(=O)(=O)N4CCCCC4)cc3F)cn(C3CCC(O)CC3)c2n1. The number of sulfonamides is 1. The van der Waals surface area contributed by atoms with Crippen LogP contribution in [-0.2, 0) is 10.0 Å². The van der Waals surface area contributed by atoms with Gasteiger partial charge in [0.25, 0.3) is 0 Å². The molecule has 5 rings (SSSR count). The Hall–Kier alpha value is -2.56. The number of benzene rings is 1. The van der Waals surface area contributed by atoms with Crippen LogP contribution in [0.15, 0.2) is 35.5 Å². The zero-order valence-electron chi connectivity index (χ0n) is 21.4. The molecule has 200 valence electrons. The van der Waals surface area contributed by atoms with E-state index in [1.165, 1.54) is 10.4 Å². The maximum Gasteiger partial charge on any atom is 0.243 e. The van der Waals surface area contributed by atoms with Crippen LogP contribution in [0.2, 0.25) is 0 Å². The molecule has 0 bridgehead atoms. The average Bonchev–Trinajstić information content (AvgIpc) is 3.28. The summed E-state index contributed by atoms with van der Waals surface area (Å²) in [5, 5.41) is 14.0. The minimum absolute atomic E-state index is 0.0145. The van der Waals surface area contributed by atoms with Gasteiger partial charge in [0.2, 0.25) is 16.0 Å². The molecule has 2 aliphatic rings. The van der Waals surface area contributed by atoms with Gasteiger partial charge in [0, 0.05) is 54.6 Å². The Morgan fingerprint density at radius 1 is 1.11 bits per heavy atom.